The van der Waals surface area contributed by atoms with Gasteiger partial charge in [0, 0.05) is 17.6 Å². The lowest BCUT2D eigenvalue weighted by molar-refractivity contribution is -0.122. The predicted octanol–water partition coefficient (Wildman–Crippen LogP) is 6.57. The van der Waals surface area contributed by atoms with E-state index in [0.717, 1.165) is 30.6 Å². The molecule has 0 saturated carbocycles. The Balaban J connectivity index is 2.77. The first-order valence-corrected chi connectivity index (χ1v) is 9.39. The number of thioether (sulfide) groups is 1. The normalized spacial score (nSPS) is 14.0. The van der Waals surface area contributed by atoms with Crippen LogP contribution >= 0.6 is 35.0 Å². The minimum Gasteiger partial charge on any atom is -0.299 e. The van der Waals surface area contributed by atoms with E-state index < -0.39 is 0 Å². The van der Waals surface area contributed by atoms with E-state index >= 15 is 0 Å². The number of benzene rings is 1. The van der Waals surface area contributed by atoms with Crippen molar-refractivity contribution in [2.45, 2.75) is 51.7 Å². The van der Waals surface area contributed by atoms with E-state index in [0.29, 0.717) is 22.2 Å². The van der Waals surface area contributed by atoms with E-state index in [-0.39, 0.29) is 11.2 Å². The number of hydrogen-bond donors (Lipinski definition) is 0. The van der Waals surface area contributed by atoms with Gasteiger partial charge >= 0.3 is 0 Å². The van der Waals surface area contributed by atoms with Gasteiger partial charge in [-0.05, 0) is 29.9 Å². The van der Waals surface area contributed by atoms with Crippen molar-refractivity contribution in [2.24, 2.45) is 5.92 Å². The van der Waals surface area contributed by atoms with Crippen molar-refractivity contribution in [3.8, 4) is 0 Å². The fourth-order valence-electron chi connectivity index (χ4n) is 2.24. The van der Waals surface area contributed by atoms with Crippen LogP contribution in [0.3, 0.4) is 0 Å². The van der Waals surface area contributed by atoms with Crippen LogP contribution in [0.2, 0.25) is 10.0 Å². The predicted molar refractivity (Wildman–Crippen MR) is 95.6 cm³/mol. The summed E-state index contributed by atoms with van der Waals surface area (Å²) in [6.07, 6.45) is 3.81. The summed E-state index contributed by atoms with van der Waals surface area (Å²) in [6.45, 7) is 6.31. The smallest absolute Gasteiger partial charge is 0.137 e. The van der Waals surface area contributed by atoms with Gasteiger partial charge in [0.2, 0.25) is 0 Å². The third kappa shape index (κ3) is 6.22. The van der Waals surface area contributed by atoms with Gasteiger partial charge in [-0.3, -0.25) is 4.79 Å². The minimum absolute atomic E-state index is 0.146. The van der Waals surface area contributed by atoms with E-state index in [4.69, 9.17) is 23.2 Å². The SMILES string of the molecule is CCCCC(C)C(=O)CC(SCC)c1ccc(Cl)c(Cl)c1. The van der Waals surface area contributed by atoms with Crippen LogP contribution in [-0.4, -0.2) is 11.5 Å². The molecular formula is C17H24Cl2OS. The third-order valence-corrected chi connectivity index (χ3v) is 5.52. The summed E-state index contributed by atoms with van der Waals surface area (Å²) in [4.78, 5) is 12.4. The summed E-state index contributed by atoms with van der Waals surface area (Å²) in [5.41, 5.74) is 1.09. The van der Waals surface area contributed by atoms with E-state index in [2.05, 4.69) is 13.8 Å². The number of carbonyl (C=O) groups is 1. The Morgan fingerprint density at radius 3 is 2.52 bits per heavy atom. The Labute approximate surface area is 142 Å². The molecule has 0 aliphatic carbocycles. The molecule has 1 aromatic carbocycles. The van der Waals surface area contributed by atoms with Crippen LogP contribution < -0.4 is 0 Å². The van der Waals surface area contributed by atoms with Gasteiger partial charge in [0.05, 0.1) is 10.0 Å². The number of carbonyl (C=O) groups excluding carboxylic acids is 1. The molecule has 4 heteroatoms. The Bertz CT molecular complexity index is 462. The molecule has 0 fully saturated rings. The van der Waals surface area contributed by atoms with Gasteiger partial charge in [0.25, 0.3) is 0 Å². The van der Waals surface area contributed by atoms with Crippen LogP contribution in [0, 0.1) is 5.92 Å². The molecule has 0 bridgehead atoms. The monoisotopic (exact) mass is 346 g/mol. The number of ketones is 1. The second kappa shape index (κ2) is 9.76. The molecule has 0 aliphatic rings. The lowest BCUT2D eigenvalue weighted by Gasteiger charge is -2.18. The maximum Gasteiger partial charge on any atom is 0.137 e. The van der Waals surface area contributed by atoms with E-state index in [9.17, 15) is 4.79 Å². The lowest BCUT2D eigenvalue weighted by Crippen LogP contribution is -2.14. The van der Waals surface area contributed by atoms with Crippen LogP contribution in [0.1, 0.15) is 57.3 Å². The Kier molecular flexibility index (Phi) is 8.77. The fourth-order valence-corrected chi connectivity index (χ4v) is 3.57. The Morgan fingerprint density at radius 2 is 1.95 bits per heavy atom. The molecule has 2 atom stereocenters. The van der Waals surface area contributed by atoms with Gasteiger partial charge in [0.1, 0.15) is 5.78 Å². The second-order valence-corrected chi connectivity index (χ2v) is 7.63. The number of unbranched alkanes of at least 4 members (excludes halogenated alkanes) is 1. The molecule has 21 heavy (non-hydrogen) atoms. The maximum atomic E-state index is 12.4. The molecule has 0 radical (unpaired) electrons. The number of Topliss-reactive ketones (excluding diaryl/α,β-unsaturated/α-hetero) is 1. The fraction of sp³-hybridized carbons (Fsp3) is 0.588. The van der Waals surface area contributed by atoms with Gasteiger partial charge in [-0.2, -0.15) is 11.8 Å². The average Bonchev–Trinajstić information content (AvgIpc) is 2.47. The first kappa shape index (κ1) is 18.9. The summed E-state index contributed by atoms with van der Waals surface area (Å²) in [5, 5.41) is 1.28. The van der Waals surface area contributed by atoms with Crippen LogP contribution in [-0.2, 0) is 4.79 Å². The zero-order chi connectivity index (χ0) is 15.8. The summed E-state index contributed by atoms with van der Waals surface area (Å²) in [6, 6.07) is 5.68. The van der Waals surface area contributed by atoms with E-state index in [1.54, 1.807) is 11.8 Å². The Hall–Kier alpha value is -0.180. The van der Waals surface area contributed by atoms with Crippen molar-refractivity contribution in [1.82, 2.24) is 0 Å². The molecular weight excluding hydrogens is 323 g/mol. The Morgan fingerprint density at radius 1 is 1.24 bits per heavy atom. The van der Waals surface area contributed by atoms with Gasteiger partial charge in [-0.25, -0.2) is 0 Å². The molecule has 0 aromatic heterocycles. The van der Waals surface area contributed by atoms with E-state index in [1.165, 1.54) is 0 Å². The molecule has 0 amide bonds. The quantitative estimate of drug-likeness (QED) is 0.502. The van der Waals surface area contributed by atoms with Crippen LogP contribution in [0.25, 0.3) is 0 Å². The van der Waals surface area contributed by atoms with Crippen molar-refractivity contribution in [3.63, 3.8) is 0 Å². The highest BCUT2D eigenvalue weighted by Gasteiger charge is 2.20. The second-order valence-electron chi connectivity index (χ2n) is 5.33. The van der Waals surface area contributed by atoms with Gasteiger partial charge < -0.3 is 0 Å². The summed E-state index contributed by atoms with van der Waals surface area (Å²) >= 11 is 13.9. The van der Waals surface area contributed by atoms with Gasteiger partial charge in [0.15, 0.2) is 0 Å². The van der Waals surface area contributed by atoms with E-state index in [1.807, 2.05) is 25.1 Å². The van der Waals surface area contributed by atoms with Crippen molar-refractivity contribution >= 4 is 40.7 Å². The molecule has 2 unspecified atom stereocenters. The zero-order valence-electron chi connectivity index (χ0n) is 13.0. The van der Waals surface area contributed by atoms with Gasteiger partial charge in [-0.15, -0.1) is 0 Å². The largest absolute Gasteiger partial charge is 0.299 e. The van der Waals surface area contributed by atoms with Crippen molar-refractivity contribution in [1.29, 1.82) is 0 Å². The lowest BCUT2D eigenvalue weighted by atomic mass is 9.95. The van der Waals surface area contributed by atoms with Gasteiger partial charge in [-0.1, -0.05) is 62.9 Å². The van der Waals surface area contributed by atoms with Crippen molar-refractivity contribution in [3.05, 3.63) is 33.8 Å². The molecule has 1 nitrogen and oxygen atoms in total. The first-order chi connectivity index (χ1) is 9.99. The highest BCUT2D eigenvalue weighted by molar-refractivity contribution is 7.99. The molecule has 0 N–H and O–H groups in total. The number of rotatable bonds is 9. The number of halogens is 2. The van der Waals surface area contributed by atoms with Crippen molar-refractivity contribution < 1.29 is 4.79 Å². The van der Waals surface area contributed by atoms with Crippen LogP contribution in [0.4, 0.5) is 0 Å². The molecule has 0 aliphatic heterocycles. The summed E-state index contributed by atoms with van der Waals surface area (Å²) < 4.78 is 0. The van der Waals surface area contributed by atoms with Crippen LogP contribution in [0.15, 0.2) is 18.2 Å². The molecule has 1 aromatic rings. The summed E-state index contributed by atoms with van der Waals surface area (Å²) in [7, 11) is 0. The average molecular weight is 347 g/mol. The molecule has 0 heterocycles. The van der Waals surface area contributed by atoms with Crippen molar-refractivity contribution in [2.75, 3.05) is 5.75 Å². The first-order valence-electron chi connectivity index (χ1n) is 7.58. The molecule has 118 valence electrons. The topological polar surface area (TPSA) is 17.1 Å². The van der Waals surface area contributed by atoms with Crippen LogP contribution in [0.5, 0.6) is 0 Å². The minimum atomic E-state index is 0.146. The molecule has 1 rings (SSSR count). The summed E-state index contributed by atoms with van der Waals surface area (Å²) in [5.74, 6) is 1.47. The molecule has 0 spiro atoms. The molecule has 0 saturated heterocycles. The number of hydrogen-bond acceptors (Lipinski definition) is 2. The third-order valence-electron chi connectivity index (χ3n) is 3.61. The standard InChI is InChI=1S/C17H24Cl2OS/c1-4-6-7-12(3)16(20)11-17(21-5-2)13-8-9-14(18)15(19)10-13/h8-10,12,17H,4-7,11H2,1-3H3. The highest BCUT2D eigenvalue weighted by Crippen LogP contribution is 2.36. The highest BCUT2D eigenvalue weighted by atomic mass is 35.5. The maximum absolute atomic E-state index is 12.4. The zero-order valence-corrected chi connectivity index (χ0v) is 15.3.